The number of benzene rings is 1. The second-order valence-corrected chi connectivity index (χ2v) is 5.34. The molecule has 0 amide bonds. The third kappa shape index (κ3) is 7.51. The van der Waals surface area contributed by atoms with Gasteiger partial charge in [-0.2, -0.15) is 0 Å². The summed E-state index contributed by atoms with van der Waals surface area (Å²) in [5.41, 5.74) is 0. The average molecular weight is 292 g/mol. The molecule has 1 atom stereocenters. The number of hydrogen-bond donors (Lipinski definition) is 1. The fourth-order valence-electron chi connectivity index (χ4n) is 1.89. The Hall–Kier alpha value is -1.81. The molecular formula is C17H24O4. The lowest BCUT2D eigenvalue weighted by Gasteiger charge is -2.09. The summed E-state index contributed by atoms with van der Waals surface area (Å²) < 4.78 is 10.2. The van der Waals surface area contributed by atoms with Gasteiger partial charge in [-0.3, -0.25) is 4.79 Å². The molecule has 0 aromatic heterocycles. The summed E-state index contributed by atoms with van der Waals surface area (Å²) in [4.78, 5) is 11.6. The van der Waals surface area contributed by atoms with Gasteiger partial charge in [0.15, 0.2) is 0 Å². The zero-order chi connectivity index (χ0) is 15.7. The van der Waals surface area contributed by atoms with Gasteiger partial charge in [0.1, 0.15) is 11.5 Å². The molecule has 1 aromatic carbocycles. The normalized spacial score (nSPS) is 12.6. The maximum absolute atomic E-state index is 11.6. The highest BCUT2D eigenvalue weighted by atomic mass is 16.5. The van der Waals surface area contributed by atoms with Gasteiger partial charge in [-0.15, -0.1) is 0 Å². The first kappa shape index (κ1) is 17.2. The van der Waals surface area contributed by atoms with E-state index in [0.29, 0.717) is 23.8 Å². The van der Waals surface area contributed by atoms with E-state index in [-0.39, 0.29) is 18.5 Å². The average Bonchev–Trinajstić information content (AvgIpc) is 2.44. The van der Waals surface area contributed by atoms with E-state index < -0.39 is 0 Å². The van der Waals surface area contributed by atoms with Crippen LogP contribution in [0.15, 0.2) is 36.4 Å². The van der Waals surface area contributed by atoms with E-state index in [9.17, 15) is 9.90 Å². The molecule has 1 N–H and O–H groups in total. The van der Waals surface area contributed by atoms with Gasteiger partial charge in [0.05, 0.1) is 19.6 Å². The largest absolute Gasteiger partial charge is 0.497 e. The van der Waals surface area contributed by atoms with Gasteiger partial charge in [-0.1, -0.05) is 26.0 Å². The van der Waals surface area contributed by atoms with Crippen LogP contribution in [0.25, 0.3) is 0 Å². The van der Waals surface area contributed by atoms with Crippen molar-refractivity contribution in [1.82, 2.24) is 0 Å². The van der Waals surface area contributed by atoms with Crippen molar-refractivity contribution in [3.8, 4) is 11.5 Å². The van der Waals surface area contributed by atoms with E-state index in [1.807, 2.05) is 6.08 Å². The lowest BCUT2D eigenvalue weighted by atomic mass is 10.0. The monoisotopic (exact) mass is 292 g/mol. The summed E-state index contributed by atoms with van der Waals surface area (Å²) in [5.74, 6) is 1.35. The van der Waals surface area contributed by atoms with Crippen LogP contribution in [0.5, 0.6) is 11.5 Å². The Kier molecular flexibility index (Phi) is 7.54. The van der Waals surface area contributed by atoms with E-state index in [2.05, 4.69) is 13.8 Å². The van der Waals surface area contributed by atoms with E-state index in [4.69, 9.17) is 9.47 Å². The number of carbonyl (C=O) groups excluding carboxylic acids is 1. The molecule has 21 heavy (non-hydrogen) atoms. The van der Waals surface area contributed by atoms with Crippen LogP contribution in [-0.2, 0) is 4.79 Å². The molecule has 4 heteroatoms. The molecule has 0 aliphatic carbocycles. The highest BCUT2D eigenvalue weighted by molar-refractivity contribution is 5.73. The quantitative estimate of drug-likeness (QED) is 0.453. The number of ether oxygens (including phenoxy) is 2. The van der Waals surface area contributed by atoms with Gasteiger partial charge in [-0.05, 0) is 43.0 Å². The Labute approximate surface area is 126 Å². The van der Waals surface area contributed by atoms with Crippen LogP contribution in [0.2, 0.25) is 0 Å². The lowest BCUT2D eigenvalue weighted by molar-refractivity contribution is -0.133. The molecule has 4 nitrogen and oxygen atoms in total. The predicted molar refractivity (Wildman–Crippen MR) is 82.5 cm³/mol. The molecule has 0 fully saturated rings. The Morgan fingerprint density at radius 3 is 2.38 bits per heavy atom. The van der Waals surface area contributed by atoms with Crippen molar-refractivity contribution in [2.24, 2.45) is 5.92 Å². The summed E-state index contributed by atoms with van der Waals surface area (Å²) in [6, 6.07) is 6.85. The first-order chi connectivity index (χ1) is 10.0. The molecule has 1 rings (SSSR count). The highest BCUT2D eigenvalue weighted by Gasteiger charge is 2.05. The van der Waals surface area contributed by atoms with Gasteiger partial charge in [0, 0.05) is 0 Å². The standard InChI is InChI=1S/C17H24O4/c1-13(2)12-14(18)6-4-5-7-17(19)21-16-10-8-15(20-3)9-11-16/h4-5,8-11,13-14,18H,6-7,12H2,1-3H3/b5-4+/t14-/m0/s1. The van der Waals surface area contributed by atoms with Crippen molar-refractivity contribution >= 4 is 5.97 Å². The number of hydrogen-bond acceptors (Lipinski definition) is 4. The van der Waals surface area contributed by atoms with Crippen LogP contribution in [-0.4, -0.2) is 24.3 Å². The predicted octanol–water partition coefficient (Wildman–Crippen LogP) is 3.34. The number of esters is 1. The van der Waals surface area contributed by atoms with Crippen molar-refractivity contribution in [3.63, 3.8) is 0 Å². The minimum absolute atomic E-state index is 0.195. The van der Waals surface area contributed by atoms with Crippen LogP contribution in [0.1, 0.15) is 33.1 Å². The number of methoxy groups -OCH3 is 1. The first-order valence-corrected chi connectivity index (χ1v) is 7.19. The minimum atomic E-state index is -0.348. The zero-order valence-electron chi connectivity index (χ0n) is 12.9. The summed E-state index contributed by atoms with van der Waals surface area (Å²) in [6.07, 6.45) is 4.73. The topological polar surface area (TPSA) is 55.8 Å². The van der Waals surface area contributed by atoms with Crippen molar-refractivity contribution in [2.45, 2.75) is 39.2 Å². The molecule has 0 heterocycles. The molecule has 116 valence electrons. The van der Waals surface area contributed by atoms with E-state index in [0.717, 1.165) is 6.42 Å². The van der Waals surface area contributed by atoms with Gasteiger partial charge in [0.25, 0.3) is 0 Å². The third-order valence-electron chi connectivity index (χ3n) is 2.89. The smallest absolute Gasteiger partial charge is 0.315 e. The van der Waals surface area contributed by atoms with Crippen LogP contribution in [0, 0.1) is 5.92 Å². The Morgan fingerprint density at radius 1 is 1.19 bits per heavy atom. The van der Waals surface area contributed by atoms with Gasteiger partial charge in [-0.25, -0.2) is 0 Å². The molecule has 0 aliphatic rings. The molecule has 0 aliphatic heterocycles. The highest BCUT2D eigenvalue weighted by Crippen LogP contribution is 2.17. The molecule has 0 saturated carbocycles. The molecule has 0 unspecified atom stereocenters. The van der Waals surface area contributed by atoms with Crippen molar-refractivity contribution in [2.75, 3.05) is 7.11 Å². The molecule has 0 radical (unpaired) electrons. The number of aliphatic hydroxyl groups excluding tert-OH is 1. The van der Waals surface area contributed by atoms with Crippen molar-refractivity contribution in [3.05, 3.63) is 36.4 Å². The van der Waals surface area contributed by atoms with Gasteiger partial charge >= 0.3 is 5.97 Å². The Bertz CT molecular complexity index is 448. The fourth-order valence-corrected chi connectivity index (χ4v) is 1.89. The summed E-state index contributed by atoms with van der Waals surface area (Å²) in [7, 11) is 1.58. The maximum Gasteiger partial charge on any atom is 0.315 e. The maximum atomic E-state index is 11.6. The van der Waals surface area contributed by atoms with Crippen LogP contribution in [0.4, 0.5) is 0 Å². The fraction of sp³-hybridized carbons (Fsp3) is 0.471. The van der Waals surface area contributed by atoms with Crippen LogP contribution in [0.3, 0.4) is 0 Å². The molecule has 0 spiro atoms. The van der Waals surface area contributed by atoms with Gasteiger partial charge in [0.2, 0.25) is 0 Å². The summed E-state index contributed by atoms with van der Waals surface area (Å²) in [5, 5.41) is 9.69. The van der Waals surface area contributed by atoms with Gasteiger partial charge < -0.3 is 14.6 Å². The second kappa shape index (κ2) is 9.19. The second-order valence-electron chi connectivity index (χ2n) is 5.34. The number of aliphatic hydroxyl groups is 1. The number of carbonyl (C=O) groups is 1. The Balaban J connectivity index is 2.30. The summed E-state index contributed by atoms with van der Waals surface area (Å²) in [6.45, 7) is 4.14. The van der Waals surface area contributed by atoms with Crippen molar-refractivity contribution in [1.29, 1.82) is 0 Å². The minimum Gasteiger partial charge on any atom is -0.497 e. The van der Waals surface area contributed by atoms with Crippen molar-refractivity contribution < 1.29 is 19.4 Å². The molecular weight excluding hydrogens is 268 g/mol. The molecule has 0 saturated heterocycles. The number of rotatable bonds is 8. The van der Waals surface area contributed by atoms with Crippen LogP contribution < -0.4 is 9.47 Å². The molecule has 1 aromatic rings. The Morgan fingerprint density at radius 2 is 1.81 bits per heavy atom. The van der Waals surface area contributed by atoms with E-state index in [1.165, 1.54) is 0 Å². The SMILES string of the molecule is COc1ccc(OC(=O)C/C=C/C[C@H](O)CC(C)C)cc1. The van der Waals surface area contributed by atoms with Crippen LogP contribution >= 0.6 is 0 Å². The lowest BCUT2D eigenvalue weighted by Crippen LogP contribution is -2.09. The van der Waals surface area contributed by atoms with E-state index in [1.54, 1.807) is 37.5 Å². The van der Waals surface area contributed by atoms with E-state index >= 15 is 0 Å². The first-order valence-electron chi connectivity index (χ1n) is 7.19. The summed E-state index contributed by atoms with van der Waals surface area (Å²) >= 11 is 0. The zero-order valence-corrected chi connectivity index (χ0v) is 12.9. The third-order valence-corrected chi connectivity index (χ3v) is 2.89. The molecule has 0 bridgehead atoms.